The zero-order chi connectivity index (χ0) is 33.7. The Balaban J connectivity index is 0.875. The molecule has 7 rings (SSSR count). The Hall–Kier alpha value is -4.85. The number of primary amides is 1. The number of carbonyl (C=O) groups excluding carboxylic acids is 3. The number of imide groups is 1. The summed E-state index contributed by atoms with van der Waals surface area (Å²) in [6, 6.07) is 12.0. The predicted octanol–water partition coefficient (Wildman–Crippen LogP) is 3.02. The number of aromatic nitrogens is 4. The van der Waals surface area contributed by atoms with E-state index in [1.54, 1.807) is 6.20 Å². The van der Waals surface area contributed by atoms with E-state index in [4.69, 9.17) is 5.73 Å². The van der Waals surface area contributed by atoms with Crippen LogP contribution in [0.15, 0.2) is 42.6 Å². The van der Waals surface area contributed by atoms with E-state index < -0.39 is 11.9 Å². The van der Waals surface area contributed by atoms with Gasteiger partial charge in [-0.2, -0.15) is 4.98 Å². The minimum absolute atomic E-state index is 0.0380. The van der Waals surface area contributed by atoms with Crippen molar-refractivity contribution < 1.29 is 14.4 Å². The number of rotatable bonds is 10. The zero-order valence-electron chi connectivity index (χ0n) is 27.8. The van der Waals surface area contributed by atoms with Gasteiger partial charge in [-0.25, -0.2) is 4.98 Å². The molecule has 3 amide bonds. The summed E-state index contributed by atoms with van der Waals surface area (Å²) in [6.07, 6.45) is 9.37. The van der Waals surface area contributed by atoms with Crippen LogP contribution >= 0.6 is 0 Å². The van der Waals surface area contributed by atoms with Crippen LogP contribution in [-0.4, -0.2) is 94.6 Å². The number of likely N-dealkylation sites (tertiary alicyclic amines) is 1. The molecule has 4 saturated heterocycles. The Kier molecular flexibility index (Phi) is 9.82. The van der Waals surface area contributed by atoms with Gasteiger partial charge in [-0.1, -0.05) is 12.1 Å². The molecule has 4 aliphatic heterocycles. The zero-order valence-corrected chi connectivity index (χ0v) is 27.8. The number of amides is 3. The number of pyridine rings is 1. The quantitative estimate of drug-likeness (QED) is 0.233. The minimum Gasteiger partial charge on any atom is -0.372 e. The molecule has 0 aliphatic carbocycles. The first kappa shape index (κ1) is 32.7. The summed E-state index contributed by atoms with van der Waals surface area (Å²) in [6.45, 7) is 6.98. The molecule has 258 valence electrons. The second-order valence-electron chi connectivity index (χ2n) is 13.7. The Morgan fingerprint density at radius 3 is 2.37 bits per heavy atom. The van der Waals surface area contributed by atoms with Crippen LogP contribution in [0.3, 0.4) is 0 Å². The van der Waals surface area contributed by atoms with E-state index in [0.717, 1.165) is 95.1 Å². The summed E-state index contributed by atoms with van der Waals surface area (Å²) < 4.78 is 0. The fraction of sp³-hybridized carbons (Fsp3) is 0.514. The topological polar surface area (TPSA) is 175 Å². The molecule has 0 saturated carbocycles. The number of nitrogens with one attached hydrogen (secondary N) is 3. The van der Waals surface area contributed by atoms with Gasteiger partial charge in [0.25, 0.3) is 5.91 Å². The van der Waals surface area contributed by atoms with Crippen molar-refractivity contribution in [3.05, 3.63) is 53.9 Å². The van der Waals surface area contributed by atoms with Crippen molar-refractivity contribution in [1.29, 1.82) is 0 Å². The van der Waals surface area contributed by atoms with Crippen molar-refractivity contribution in [3.8, 4) is 0 Å². The van der Waals surface area contributed by atoms with Crippen LogP contribution < -0.4 is 31.5 Å². The SMILES string of the molecule is NC(=O)c1nnc(N2CCCCC2)nc1Nc1ccc(C2CCN(CC3CCN(c4ccc(NC5CCC(=O)NC5=O)cn4)C3)CC2)cc1. The molecular formula is C35H45N11O3. The standard InChI is InChI=1S/C35H45N11O3/c36-32(48)31-33(41-35(43-42-31)45-15-2-1-3-16-45)39-26-6-4-24(5-7-26)25-13-17-44(18-14-25)21-23-12-19-46(22-23)29-10-8-27(20-37-29)38-28-9-11-30(47)40-34(28)49/h4-8,10,20,23,25,28,38H,1-3,9,11-19,21-22H2,(H2,36,48)(H,39,41,43)(H,40,47,49). The van der Waals surface area contributed by atoms with Crippen LogP contribution in [0.4, 0.5) is 29.0 Å². The molecular weight excluding hydrogens is 622 g/mol. The second kappa shape index (κ2) is 14.7. The lowest BCUT2D eigenvalue weighted by Crippen LogP contribution is -2.47. The van der Waals surface area contributed by atoms with E-state index in [0.29, 0.717) is 36.4 Å². The van der Waals surface area contributed by atoms with Gasteiger partial charge in [0, 0.05) is 44.8 Å². The van der Waals surface area contributed by atoms with Crippen LogP contribution in [0, 0.1) is 5.92 Å². The van der Waals surface area contributed by atoms with Gasteiger partial charge in [0.2, 0.25) is 17.8 Å². The maximum absolute atomic E-state index is 12.1. The first-order chi connectivity index (χ1) is 23.9. The molecule has 0 radical (unpaired) electrons. The summed E-state index contributed by atoms with van der Waals surface area (Å²) in [4.78, 5) is 51.9. The van der Waals surface area contributed by atoms with Gasteiger partial charge >= 0.3 is 0 Å². The van der Waals surface area contributed by atoms with Crippen LogP contribution in [0.25, 0.3) is 0 Å². The number of nitrogens with two attached hydrogens (primary N) is 1. The number of nitrogens with zero attached hydrogens (tertiary/aromatic N) is 7. The normalized spacial score (nSPS) is 22.2. The molecule has 49 heavy (non-hydrogen) atoms. The van der Waals surface area contributed by atoms with Crippen LogP contribution in [0.1, 0.15) is 73.3 Å². The fourth-order valence-electron chi connectivity index (χ4n) is 7.47. The molecule has 14 heteroatoms. The molecule has 14 nitrogen and oxygen atoms in total. The highest BCUT2D eigenvalue weighted by Crippen LogP contribution is 2.31. The Morgan fingerprint density at radius 2 is 1.65 bits per heavy atom. The van der Waals surface area contributed by atoms with E-state index in [1.807, 2.05) is 24.3 Å². The summed E-state index contributed by atoms with van der Waals surface area (Å²) in [5, 5.41) is 17.1. The lowest BCUT2D eigenvalue weighted by atomic mass is 9.89. The molecule has 0 spiro atoms. The van der Waals surface area contributed by atoms with E-state index in [1.165, 1.54) is 12.0 Å². The molecule has 2 atom stereocenters. The predicted molar refractivity (Wildman–Crippen MR) is 187 cm³/mol. The number of anilines is 5. The Labute approximate surface area is 286 Å². The third-order valence-electron chi connectivity index (χ3n) is 10.2. The molecule has 5 N–H and O–H groups in total. The van der Waals surface area contributed by atoms with Crippen LogP contribution in [-0.2, 0) is 9.59 Å². The average molecular weight is 668 g/mol. The van der Waals surface area contributed by atoms with Crippen LogP contribution in [0.2, 0.25) is 0 Å². The number of carbonyl (C=O) groups is 3. The van der Waals surface area contributed by atoms with Gasteiger partial charge in [0.1, 0.15) is 11.9 Å². The molecule has 4 aliphatic rings. The number of hydrogen-bond acceptors (Lipinski definition) is 12. The van der Waals surface area contributed by atoms with Gasteiger partial charge in [0.15, 0.2) is 11.5 Å². The van der Waals surface area contributed by atoms with Crippen molar-refractivity contribution in [3.63, 3.8) is 0 Å². The molecule has 3 aromatic rings. The highest BCUT2D eigenvalue weighted by atomic mass is 16.2. The summed E-state index contributed by atoms with van der Waals surface area (Å²) >= 11 is 0. The molecule has 4 fully saturated rings. The fourth-order valence-corrected chi connectivity index (χ4v) is 7.47. The molecule has 6 heterocycles. The van der Waals surface area contributed by atoms with Crippen molar-refractivity contribution in [2.24, 2.45) is 11.7 Å². The van der Waals surface area contributed by atoms with Gasteiger partial charge in [-0.15, -0.1) is 10.2 Å². The number of benzene rings is 1. The van der Waals surface area contributed by atoms with Gasteiger partial charge in [0.05, 0.1) is 11.9 Å². The van der Waals surface area contributed by atoms with Crippen molar-refractivity contribution in [2.45, 2.75) is 63.3 Å². The third-order valence-corrected chi connectivity index (χ3v) is 10.2. The van der Waals surface area contributed by atoms with E-state index in [9.17, 15) is 14.4 Å². The monoisotopic (exact) mass is 667 g/mol. The van der Waals surface area contributed by atoms with Gasteiger partial charge in [-0.05, 0) is 99.7 Å². The highest BCUT2D eigenvalue weighted by molar-refractivity contribution is 6.01. The smallest absolute Gasteiger partial charge is 0.273 e. The summed E-state index contributed by atoms with van der Waals surface area (Å²) in [5.41, 5.74) is 8.56. The Morgan fingerprint density at radius 1 is 0.878 bits per heavy atom. The van der Waals surface area contributed by atoms with Gasteiger partial charge < -0.3 is 31.1 Å². The Bertz CT molecular complexity index is 1640. The van der Waals surface area contributed by atoms with E-state index >= 15 is 0 Å². The highest BCUT2D eigenvalue weighted by Gasteiger charge is 2.29. The van der Waals surface area contributed by atoms with E-state index in [2.05, 4.69) is 62.9 Å². The lowest BCUT2D eigenvalue weighted by molar-refractivity contribution is -0.133. The first-order valence-electron chi connectivity index (χ1n) is 17.6. The summed E-state index contributed by atoms with van der Waals surface area (Å²) in [7, 11) is 0. The van der Waals surface area contributed by atoms with Crippen molar-refractivity contribution in [1.82, 2.24) is 30.4 Å². The third kappa shape index (κ3) is 7.90. The van der Waals surface area contributed by atoms with Crippen LogP contribution in [0.5, 0.6) is 0 Å². The van der Waals surface area contributed by atoms with E-state index in [-0.39, 0.29) is 17.5 Å². The lowest BCUT2D eigenvalue weighted by Gasteiger charge is -2.33. The van der Waals surface area contributed by atoms with Gasteiger partial charge in [-0.3, -0.25) is 19.7 Å². The number of piperidine rings is 3. The molecule has 2 aromatic heterocycles. The molecule has 2 unspecified atom stereocenters. The average Bonchev–Trinajstić information content (AvgIpc) is 3.59. The van der Waals surface area contributed by atoms with Crippen molar-refractivity contribution >= 4 is 46.7 Å². The molecule has 0 bridgehead atoms. The maximum atomic E-state index is 12.1. The van der Waals surface area contributed by atoms with Crippen molar-refractivity contribution in [2.75, 3.05) is 66.2 Å². The largest absolute Gasteiger partial charge is 0.372 e. The second-order valence-corrected chi connectivity index (χ2v) is 13.7. The first-order valence-corrected chi connectivity index (χ1v) is 17.6. The minimum atomic E-state index is -0.659. The summed E-state index contributed by atoms with van der Waals surface area (Å²) in [5.74, 6) is 1.77. The maximum Gasteiger partial charge on any atom is 0.273 e. The number of hydrogen-bond donors (Lipinski definition) is 4. The molecule has 1 aromatic carbocycles.